The largest absolute Gasteiger partial charge is 0.477 e. The molecule has 1 aromatic rings. The Labute approximate surface area is 75.6 Å². The molecule has 1 rings (SSSR count). The van der Waals surface area contributed by atoms with E-state index in [-0.39, 0.29) is 0 Å². The molecule has 72 valence electrons. The predicted molar refractivity (Wildman–Crippen MR) is 41.0 cm³/mol. The van der Waals surface area contributed by atoms with Gasteiger partial charge in [-0.2, -0.15) is 13.2 Å². The summed E-state index contributed by atoms with van der Waals surface area (Å²) in [6.07, 6.45) is -4.58. The zero-order valence-corrected chi connectivity index (χ0v) is 7.29. The van der Waals surface area contributed by atoms with Crippen LogP contribution in [0.5, 0.6) is 0 Å². The maximum absolute atomic E-state index is 12.2. The van der Waals surface area contributed by atoms with Gasteiger partial charge in [-0.1, -0.05) is 0 Å². The van der Waals surface area contributed by atoms with Crippen LogP contribution in [0.3, 0.4) is 0 Å². The molecule has 1 aromatic heterocycles. The molecule has 0 aliphatic heterocycles. The molecule has 2 nitrogen and oxygen atoms in total. The van der Waals surface area contributed by atoms with Crippen molar-refractivity contribution in [3.05, 3.63) is 21.4 Å². The number of aromatic carboxylic acids is 1. The molecular weight excluding hydrogens is 205 g/mol. The summed E-state index contributed by atoms with van der Waals surface area (Å²) < 4.78 is 36.5. The number of hydrogen-bond acceptors (Lipinski definition) is 2. The lowest BCUT2D eigenvalue weighted by Crippen LogP contribution is -2.09. The number of carboxylic acid groups (broad SMARTS) is 1. The van der Waals surface area contributed by atoms with Gasteiger partial charge in [0.2, 0.25) is 0 Å². The highest BCUT2D eigenvalue weighted by atomic mass is 32.1. The molecule has 0 aromatic carbocycles. The molecule has 0 radical (unpaired) electrons. The van der Waals surface area contributed by atoms with Crippen molar-refractivity contribution in [3.8, 4) is 0 Å². The second-order valence-electron chi connectivity index (χ2n) is 2.40. The predicted octanol–water partition coefficient (Wildman–Crippen LogP) is 2.77. The normalized spacial score (nSPS) is 11.7. The fraction of sp³-hybridized carbons (Fsp3) is 0.286. The zero-order valence-electron chi connectivity index (χ0n) is 6.47. The van der Waals surface area contributed by atoms with Crippen molar-refractivity contribution < 1.29 is 23.1 Å². The Hall–Kier alpha value is -1.04. The van der Waals surface area contributed by atoms with E-state index in [4.69, 9.17) is 5.11 Å². The van der Waals surface area contributed by atoms with E-state index in [1.807, 2.05) is 0 Å². The molecule has 6 heteroatoms. The van der Waals surface area contributed by atoms with E-state index < -0.39 is 22.6 Å². The highest BCUT2D eigenvalue weighted by molar-refractivity contribution is 7.14. The van der Waals surface area contributed by atoms with E-state index in [1.54, 1.807) is 0 Å². The molecule has 13 heavy (non-hydrogen) atoms. The summed E-state index contributed by atoms with van der Waals surface area (Å²) in [4.78, 5) is 10.1. The van der Waals surface area contributed by atoms with Crippen molar-refractivity contribution in [2.24, 2.45) is 0 Å². The summed E-state index contributed by atoms with van der Waals surface area (Å²) in [7, 11) is 0. The number of aryl methyl sites for hydroxylation is 1. The Morgan fingerprint density at radius 2 is 2.08 bits per heavy atom. The van der Waals surface area contributed by atoms with Gasteiger partial charge in [0.1, 0.15) is 4.88 Å². The quantitative estimate of drug-likeness (QED) is 0.773. The third-order valence-electron chi connectivity index (χ3n) is 1.35. The molecule has 0 spiro atoms. The first-order valence-electron chi connectivity index (χ1n) is 3.23. The van der Waals surface area contributed by atoms with Gasteiger partial charge in [-0.25, -0.2) is 4.79 Å². The molecule has 0 saturated carbocycles. The minimum atomic E-state index is -4.58. The topological polar surface area (TPSA) is 37.3 Å². The summed E-state index contributed by atoms with van der Waals surface area (Å²) in [5, 5.41) is 8.45. The molecule has 0 unspecified atom stereocenters. The van der Waals surface area contributed by atoms with Gasteiger partial charge in [-0.05, 0) is 13.0 Å². The van der Waals surface area contributed by atoms with E-state index in [0.717, 1.165) is 6.07 Å². The summed E-state index contributed by atoms with van der Waals surface area (Å²) in [6.45, 7) is 1.44. The van der Waals surface area contributed by atoms with Crippen LogP contribution in [0, 0.1) is 6.92 Å². The molecule has 0 aliphatic carbocycles. The smallest absolute Gasteiger partial charge is 0.418 e. The summed E-state index contributed by atoms with van der Waals surface area (Å²) in [6, 6.07) is 0.841. The average Bonchev–Trinajstić information content (AvgIpc) is 2.29. The van der Waals surface area contributed by atoms with E-state index >= 15 is 0 Å². The van der Waals surface area contributed by atoms with Crippen LogP contribution in [0.25, 0.3) is 0 Å². The number of halogens is 3. The van der Waals surface area contributed by atoms with Crippen molar-refractivity contribution in [2.45, 2.75) is 13.1 Å². The highest BCUT2D eigenvalue weighted by Crippen LogP contribution is 2.36. The van der Waals surface area contributed by atoms with Crippen LogP contribution < -0.4 is 0 Å². The van der Waals surface area contributed by atoms with E-state index in [1.165, 1.54) is 6.92 Å². The van der Waals surface area contributed by atoms with Crippen LogP contribution in [0.4, 0.5) is 13.2 Å². The fourth-order valence-corrected chi connectivity index (χ4v) is 1.75. The Bertz CT molecular complexity index is 340. The first-order chi connectivity index (χ1) is 5.82. The molecule has 0 amide bonds. The number of alkyl halides is 3. The lowest BCUT2D eigenvalue weighted by Gasteiger charge is -2.03. The molecule has 0 atom stereocenters. The lowest BCUT2D eigenvalue weighted by molar-refractivity contribution is -0.137. The maximum atomic E-state index is 12.2. The van der Waals surface area contributed by atoms with E-state index in [2.05, 4.69) is 0 Å². The molecule has 1 heterocycles. The molecule has 0 fully saturated rings. The number of carboxylic acids is 1. The number of rotatable bonds is 1. The Balaban J connectivity index is 3.28. The van der Waals surface area contributed by atoms with Crippen LogP contribution in [0.15, 0.2) is 6.07 Å². The zero-order chi connectivity index (χ0) is 10.2. The van der Waals surface area contributed by atoms with Crippen molar-refractivity contribution >= 4 is 17.3 Å². The Kier molecular flexibility index (Phi) is 2.34. The van der Waals surface area contributed by atoms with Crippen molar-refractivity contribution in [1.82, 2.24) is 0 Å². The number of hydrogen-bond donors (Lipinski definition) is 1. The monoisotopic (exact) mass is 210 g/mol. The summed E-state index contributed by atoms with van der Waals surface area (Å²) >= 11 is 0.630. The van der Waals surface area contributed by atoms with Crippen LogP contribution in [-0.2, 0) is 6.18 Å². The number of carbonyl (C=O) groups is 1. The van der Waals surface area contributed by atoms with Gasteiger partial charge < -0.3 is 5.11 Å². The minimum Gasteiger partial charge on any atom is -0.477 e. The third kappa shape index (κ3) is 2.00. The van der Waals surface area contributed by atoms with Crippen molar-refractivity contribution in [3.63, 3.8) is 0 Å². The van der Waals surface area contributed by atoms with Gasteiger partial charge >= 0.3 is 12.1 Å². The first kappa shape index (κ1) is 10.0. The van der Waals surface area contributed by atoms with Gasteiger partial charge in [0.05, 0.1) is 5.56 Å². The molecule has 0 aliphatic rings. The van der Waals surface area contributed by atoms with Crippen LogP contribution >= 0.6 is 11.3 Å². The highest BCUT2D eigenvalue weighted by Gasteiger charge is 2.36. The fourth-order valence-electron chi connectivity index (χ4n) is 0.884. The van der Waals surface area contributed by atoms with Gasteiger partial charge in [-0.15, -0.1) is 11.3 Å². The Morgan fingerprint density at radius 3 is 2.38 bits per heavy atom. The van der Waals surface area contributed by atoms with Gasteiger partial charge in [-0.3, -0.25) is 0 Å². The Morgan fingerprint density at radius 1 is 1.54 bits per heavy atom. The third-order valence-corrected chi connectivity index (χ3v) is 2.39. The average molecular weight is 210 g/mol. The second-order valence-corrected chi connectivity index (χ2v) is 3.66. The number of thiophene rings is 1. The summed E-state index contributed by atoms with van der Waals surface area (Å²) in [5.74, 6) is -1.54. The van der Waals surface area contributed by atoms with Crippen molar-refractivity contribution in [1.29, 1.82) is 0 Å². The SMILES string of the molecule is Cc1cc(C(F)(F)F)c(C(=O)O)s1. The van der Waals surface area contributed by atoms with Crippen LogP contribution in [0.2, 0.25) is 0 Å². The van der Waals surface area contributed by atoms with Gasteiger partial charge in [0.25, 0.3) is 0 Å². The van der Waals surface area contributed by atoms with E-state index in [0.29, 0.717) is 16.2 Å². The first-order valence-corrected chi connectivity index (χ1v) is 4.05. The maximum Gasteiger partial charge on any atom is 0.418 e. The molecule has 1 N–H and O–H groups in total. The minimum absolute atomic E-state index is 0.338. The molecular formula is C7H5F3O2S. The van der Waals surface area contributed by atoms with Gasteiger partial charge in [0, 0.05) is 4.88 Å². The van der Waals surface area contributed by atoms with E-state index in [9.17, 15) is 18.0 Å². The second kappa shape index (κ2) is 3.02. The van der Waals surface area contributed by atoms with Crippen LogP contribution in [0.1, 0.15) is 20.1 Å². The standard InChI is InChI=1S/C7H5F3O2S/c1-3-2-4(7(8,9)10)5(13-3)6(11)12/h2H,1H3,(H,11,12). The lowest BCUT2D eigenvalue weighted by atomic mass is 10.2. The molecule has 0 saturated heterocycles. The molecule has 0 bridgehead atoms. The van der Waals surface area contributed by atoms with Crippen LogP contribution in [-0.4, -0.2) is 11.1 Å². The van der Waals surface area contributed by atoms with Crippen molar-refractivity contribution in [2.75, 3.05) is 0 Å². The van der Waals surface area contributed by atoms with Gasteiger partial charge in [0.15, 0.2) is 0 Å². The summed E-state index contributed by atoms with van der Waals surface area (Å²) in [5.41, 5.74) is -1.07.